The van der Waals surface area contributed by atoms with E-state index in [9.17, 15) is 4.79 Å². The van der Waals surface area contributed by atoms with Crippen molar-refractivity contribution in [1.29, 1.82) is 0 Å². The Kier molecular flexibility index (Phi) is 5.86. The van der Waals surface area contributed by atoms with Crippen LogP contribution in [0, 0.1) is 0 Å². The van der Waals surface area contributed by atoms with Crippen LogP contribution in [0.2, 0.25) is 0 Å². The van der Waals surface area contributed by atoms with Gasteiger partial charge in [-0.25, -0.2) is 0 Å². The lowest BCUT2D eigenvalue weighted by Gasteiger charge is -2.22. The molecule has 2 rings (SSSR count). The summed E-state index contributed by atoms with van der Waals surface area (Å²) in [5.41, 5.74) is 1.01. The van der Waals surface area contributed by atoms with E-state index in [0.717, 1.165) is 23.0 Å². The Morgan fingerprint density at radius 3 is 3.05 bits per heavy atom. The minimum absolute atomic E-state index is 0.104. The van der Waals surface area contributed by atoms with E-state index < -0.39 is 0 Å². The molecule has 1 atom stereocenters. The van der Waals surface area contributed by atoms with Crippen molar-refractivity contribution in [1.82, 2.24) is 5.32 Å². The second kappa shape index (κ2) is 7.65. The summed E-state index contributed by atoms with van der Waals surface area (Å²) in [6.45, 7) is 1.44. The van der Waals surface area contributed by atoms with E-state index in [2.05, 4.69) is 21.2 Å². The Labute approximate surface area is 122 Å². The predicted molar refractivity (Wildman–Crippen MR) is 78.8 cm³/mol. The van der Waals surface area contributed by atoms with Gasteiger partial charge in [-0.15, -0.1) is 0 Å². The van der Waals surface area contributed by atoms with Crippen LogP contribution in [0.3, 0.4) is 0 Å². The summed E-state index contributed by atoms with van der Waals surface area (Å²) in [6, 6.07) is 8.32. The number of carbonyl (C=O) groups is 1. The normalized spacial score (nSPS) is 19.1. The van der Waals surface area contributed by atoms with Crippen LogP contribution in [-0.2, 0) is 16.1 Å². The van der Waals surface area contributed by atoms with Gasteiger partial charge in [0, 0.05) is 16.9 Å². The fraction of sp³-hybridized carbons (Fsp3) is 0.533. The first-order valence-electron chi connectivity index (χ1n) is 6.87. The minimum Gasteiger partial charge on any atom is -0.461 e. The van der Waals surface area contributed by atoms with Crippen LogP contribution < -0.4 is 5.32 Å². The molecule has 0 aliphatic carbocycles. The van der Waals surface area contributed by atoms with E-state index in [0.29, 0.717) is 19.1 Å². The van der Waals surface area contributed by atoms with Gasteiger partial charge in [0.25, 0.3) is 0 Å². The highest BCUT2D eigenvalue weighted by Gasteiger charge is 2.14. The molecule has 1 aliphatic heterocycles. The Balaban J connectivity index is 1.66. The molecule has 0 saturated carbocycles. The lowest BCUT2D eigenvalue weighted by Crippen LogP contribution is -2.34. The van der Waals surface area contributed by atoms with E-state index in [-0.39, 0.29) is 5.97 Å². The van der Waals surface area contributed by atoms with Crippen molar-refractivity contribution in [2.24, 2.45) is 0 Å². The molecular weight excluding hydrogens is 306 g/mol. The zero-order chi connectivity index (χ0) is 13.5. The molecule has 1 aliphatic rings. The van der Waals surface area contributed by atoms with Crippen LogP contribution in [0.5, 0.6) is 0 Å². The second-order valence-electron chi connectivity index (χ2n) is 4.98. The molecule has 1 aromatic carbocycles. The monoisotopic (exact) mass is 325 g/mol. The summed E-state index contributed by atoms with van der Waals surface area (Å²) < 4.78 is 6.29. The molecule has 1 heterocycles. The van der Waals surface area contributed by atoms with Crippen molar-refractivity contribution in [2.45, 2.75) is 44.8 Å². The summed E-state index contributed by atoms with van der Waals surface area (Å²) in [5.74, 6) is -0.104. The molecule has 19 heavy (non-hydrogen) atoms. The number of hydrogen-bond acceptors (Lipinski definition) is 3. The van der Waals surface area contributed by atoms with Gasteiger partial charge in [-0.2, -0.15) is 0 Å². The topological polar surface area (TPSA) is 38.3 Å². The first kappa shape index (κ1) is 14.5. The van der Waals surface area contributed by atoms with E-state index >= 15 is 0 Å². The molecule has 1 aromatic rings. The number of benzene rings is 1. The molecule has 1 fully saturated rings. The molecule has 0 aromatic heterocycles. The summed E-state index contributed by atoms with van der Waals surface area (Å²) in [6.07, 6.45) is 5.09. The first-order chi connectivity index (χ1) is 9.24. The molecule has 1 N–H and O–H groups in total. The highest BCUT2D eigenvalue weighted by molar-refractivity contribution is 9.10. The zero-order valence-corrected chi connectivity index (χ0v) is 12.6. The van der Waals surface area contributed by atoms with E-state index in [4.69, 9.17) is 4.74 Å². The first-order valence-corrected chi connectivity index (χ1v) is 7.67. The largest absolute Gasteiger partial charge is 0.461 e. The van der Waals surface area contributed by atoms with Crippen molar-refractivity contribution in [3.63, 3.8) is 0 Å². The minimum atomic E-state index is -0.104. The summed E-state index contributed by atoms with van der Waals surface area (Å²) >= 11 is 3.40. The average Bonchev–Trinajstić information content (AvgIpc) is 2.44. The molecule has 4 heteroatoms. The van der Waals surface area contributed by atoms with E-state index in [1.165, 1.54) is 19.3 Å². The Morgan fingerprint density at radius 1 is 1.42 bits per heavy atom. The Bertz CT molecular complexity index is 416. The molecule has 3 nitrogen and oxygen atoms in total. The number of esters is 1. The smallest absolute Gasteiger partial charge is 0.306 e. The average molecular weight is 326 g/mol. The van der Waals surface area contributed by atoms with Crippen LogP contribution in [0.4, 0.5) is 0 Å². The lowest BCUT2D eigenvalue weighted by molar-refractivity contribution is -0.145. The summed E-state index contributed by atoms with van der Waals surface area (Å²) in [5, 5.41) is 3.44. The number of rotatable bonds is 5. The Morgan fingerprint density at radius 2 is 2.32 bits per heavy atom. The third kappa shape index (κ3) is 5.33. The number of carbonyl (C=O) groups excluding carboxylic acids is 1. The third-order valence-electron chi connectivity index (χ3n) is 3.40. The molecule has 104 valence electrons. The van der Waals surface area contributed by atoms with Gasteiger partial charge in [-0.1, -0.05) is 34.5 Å². The van der Waals surface area contributed by atoms with Crippen LogP contribution in [0.25, 0.3) is 0 Å². The molecule has 0 bridgehead atoms. The van der Waals surface area contributed by atoms with E-state index in [1.54, 1.807) is 0 Å². The zero-order valence-electron chi connectivity index (χ0n) is 11.0. The molecule has 1 unspecified atom stereocenters. The van der Waals surface area contributed by atoms with Crippen molar-refractivity contribution >= 4 is 21.9 Å². The number of ether oxygens (including phenoxy) is 1. The number of halogens is 1. The van der Waals surface area contributed by atoms with Crippen molar-refractivity contribution in [2.75, 3.05) is 6.54 Å². The number of piperidine rings is 1. The lowest BCUT2D eigenvalue weighted by atomic mass is 10.0. The van der Waals surface area contributed by atoms with Crippen LogP contribution in [0.1, 0.15) is 37.7 Å². The fourth-order valence-corrected chi connectivity index (χ4v) is 2.77. The maximum atomic E-state index is 11.7. The maximum absolute atomic E-state index is 11.7. The predicted octanol–water partition coefficient (Wildman–Crippen LogP) is 3.41. The van der Waals surface area contributed by atoms with Crippen molar-refractivity contribution < 1.29 is 9.53 Å². The Hall–Kier alpha value is -0.870. The fourth-order valence-electron chi connectivity index (χ4n) is 2.33. The summed E-state index contributed by atoms with van der Waals surface area (Å²) in [4.78, 5) is 11.7. The highest BCUT2D eigenvalue weighted by atomic mass is 79.9. The summed E-state index contributed by atoms with van der Waals surface area (Å²) in [7, 11) is 0. The number of hydrogen-bond donors (Lipinski definition) is 1. The number of nitrogens with one attached hydrogen (secondary N) is 1. The van der Waals surface area contributed by atoms with E-state index in [1.807, 2.05) is 24.3 Å². The van der Waals surface area contributed by atoms with Gasteiger partial charge in [-0.3, -0.25) is 4.79 Å². The SMILES string of the molecule is O=C(CCC1CCCCN1)OCc1cccc(Br)c1. The van der Waals surface area contributed by atoms with Gasteiger partial charge in [0.1, 0.15) is 6.61 Å². The van der Waals surface area contributed by atoms with Gasteiger partial charge in [0.15, 0.2) is 0 Å². The quantitative estimate of drug-likeness (QED) is 0.843. The molecule has 0 radical (unpaired) electrons. The molecular formula is C15H20BrNO2. The van der Waals surface area contributed by atoms with Crippen LogP contribution >= 0.6 is 15.9 Å². The molecule has 0 spiro atoms. The van der Waals surface area contributed by atoms with Gasteiger partial charge in [0.05, 0.1) is 0 Å². The van der Waals surface area contributed by atoms with Crippen molar-refractivity contribution in [3.8, 4) is 0 Å². The second-order valence-corrected chi connectivity index (χ2v) is 5.89. The third-order valence-corrected chi connectivity index (χ3v) is 3.89. The van der Waals surface area contributed by atoms with Gasteiger partial charge < -0.3 is 10.1 Å². The standard InChI is InChI=1S/C15H20BrNO2/c16-13-5-3-4-12(10-13)11-19-15(18)8-7-14-6-1-2-9-17-14/h3-5,10,14,17H,1-2,6-9,11H2. The van der Waals surface area contributed by atoms with Gasteiger partial charge in [0.2, 0.25) is 0 Å². The maximum Gasteiger partial charge on any atom is 0.306 e. The van der Waals surface area contributed by atoms with Crippen LogP contribution in [-0.4, -0.2) is 18.6 Å². The van der Waals surface area contributed by atoms with Crippen LogP contribution in [0.15, 0.2) is 28.7 Å². The van der Waals surface area contributed by atoms with Gasteiger partial charge >= 0.3 is 5.97 Å². The molecule has 1 saturated heterocycles. The van der Waals surface area contributed by atoms with Gasteiger partial charge in [-0.05, 0) is 43.5 Å². The molecule has 0 amide bonds. The highest BCUT2D eigenvalue weighted by Crippen LogP contribution is 2.14. The van der Waals surface area contributed by atoms with Crippen molar-refractivity contribution in [3.05, 3.63) is 34.3 Å².